The number of pyridine rings is 1. The molecule has 4 rings (SSSR count). The SMILES string of the molecule is Cc1cccc(C2(CNC(=O)CCc3nc(-c4ccncc4)no3)CCCCC2)c1. The Bertz CT molecular complexity index is 978. The summed E-state index contributed by atoms with van der Waals surface area (Å²) in [6.07, 6.45) is 10.1. The normalized spacial score (nSPS) is 15.6. The molecule has 6 nitrogen and oxygen atoms in total. The van der Waals surface area contributed by atoms with Crippen LogP contribution in [0.2, 0.25) is 0 Å². The van der Waals surface area contributed by atoms with Gasteiger partial charge in [0.1, 0.15) is 0 Å². The third kappa shape index (κ3) is 4.75. The average Bonchev–Trinajstić information content (AvgIpc) is 3.27. The van der Waals surface area contributed by atoms with Crippen LogP contribution in [0.25, 0.3) is 11.4 Å². The number of carbonyl (C=O) groups excluding carboxylic acids is 1. The van der Waals surface area contributed by atoms with Crippen LogP contribution < -0.4 is 5.32 Å². The summed E-state index contributed by atoms with van der Waals surface area (Å²) < 4.78 is 5.30. The van der Waals surface area contributed by atoms with Crippen molar-refractivity contribution in [3.63, 3.8) is 0 Å². The summed E-state index contributed by atoms with van der Waals surface area (Å²) in [4.78, 5) is 20.9. The topological polar surface area (TPSA) is 80.9 Å². The Morgan fingerprint density at radius 3 is 2.70 bits per heavy atom. The van der Waals surface area contributed by atoms with Gasteiger partial charge in [-0.1, -0.05) is 54.2 Å². The second-order valence-electron chi connectivity index (χ2n) is 8.23. The van der Waals surface area contributed by atoms with Gasteiger partial charge in [-0.15, -0.1) is 0 Å². The third-order valence-electron chi connectivity index (χ3n) is 6.04. The van der Waals surface area contributed by atoms with Crippen molar-refractivity contribution in [3.8, 4) is 11.4 Å². The molecule has 30 heavy (non-hydrogen) atoms. The lowest BCUT2D eigenvalue weighted by Crippen LogP contribution is -2.42. The number of carbonyl (C=O) groups is 1. The highest BCUT2D eigenvalue weighted by molar-refractivity contribution is 5.76. The molecule has 1 fully saturated rings. The van der Waals surface area contributed by atoms with Crippen molar-refractivity contribution in [3.05, 3.63) is 65.8 Å². The Kier molecular flexibility index (Phi) is 6.21. The number of aromatic nitrogens is 3. The maximum atomic E-state index is 12.6. The van der Waals surface area contributed by atoms with Crippen LogP contribution in [0.4, 0.5) is 0 Å². The van der Waals surface area contributed by atoms with Crippen LogP contribution in [0, 0.1) is 6.92 Å². The molecule has 0 atom stereocenters. The van der Waals surface area contributed by atoms with E-state index in [1.807, 2.05) is 12.1 Å². The van der Waals surface area contributed by atoms with Gasteiger partial charge in [0, 0.05) is 42.8 Å². The summed E-state index contributed by atoms with van der Waals surface area (Å²) >= 11 is 0. The molecule has 6 heteroatoms. The highest BCUT2D eigenvalue weighted by atomic mass is 16.5. The number of nitrogens with zero attached hydrogens (tertiary/aromatic N) is 3. The van der Waals surface area contributed by atoms with E-state index in [4.69, 9.17) is 4.52 Å². The Balaban J connectivity index is 1.35. The summed E-state index contributed by atoms with van der Waals surface area (Å²) in [6, 6.07) is 12.4. The first-order valence-corrected chi connectivity index (χ1v) is 10.7. The lowest BCUT2D eigenvalue weighted by molar-refractivity contribution is -0.121. The standard InChI is InChI=1S/C24H28N4O2/c1-18-6-5-7-20(16-18)24(12-3-2-4-13-24)17-26-21(29)8-9-22-27-23(28-30-22)19-10-14-25-15-11-19/h5-7,10-11,14-16H,2-4,8-9,12-13,17H2,1H3,(H,26,29). The van der Waals surface area contributed by atoms with E-state index in [1.54, 1.807) is 12.4 Å². The molecule has 1 aliphatic rings. The number of hydrogen-bond donors (Lipinski definition) is 1. The molecular weight excluding hydrogens is 376 g/mol. The van der Waals surface area contributed by atoms with Crippen LogP contribution in [0.3, 0.4) is 0 Å². The van der Waals surface area contributed by atoms with Crippen LogP contribution in [0.5, 0.6) is 0 Å². The number of aryl methyl sites for hydroxylation is 2. The fourth-order valence-corrected chi connectivity index (χ4v) is 4.32. The smallest absolute Gasteiger partial charge is 0.227 e. The summed E-state index contributed by atoms with van der Waals surface area (Å²) in [5, 5.41) is 7.18. The number of amides is 1. The van der Waals surface area contributed by atoms with Crippen molar-refractivity contribution < 1.29 is 9.32 Å². The van der Waals surface area contributed by atoms with Gasteiger partial charge in [0.15, 0.2) is 0 Å². The van der Waals surface area contributed by atoms with Gasteiger partial charge >= 0.3 is 0 Å². The van der Waals surface area contributed by atoms with Crippen molar-refractivity contribution in [2.24, 2.45) is 0 Å². The van der Waals surface area contributed by atoms with Gasteiger partial charge in [-0.2, -0.15) is 4.98 Å². The van der Waals surface area contributed by atoms with Gasteiger partial charge in [-0.25, -0.2) is 0 Å². The molecule has 0 saturated heterocycles. The zero-order valence-corrected chi connectivity index (χ0v) is 17.4. The summed E-state index contributed by atoms with van der Waals surface area (Å²) in [6.45, 7) is 2.81. The molecule has 1 N–H and O–H groups in total. The van der Waals surface area contributed by atoms with E-state index in [0.717, 1.165) is 18.4 Å². The maximum absolute atomic E-state index is 12.6. The van der Waals surface area contributed by atoms with E-state index in [0.29, 0.717) is 31.1 Å². The molecule has 0 bridgehead atoms. The molecular formula is C24H28N4O2. The van der Waals surface area contributed by atoms with Crippen LogP contribution in [0.15, 0.2) is 53.3 Å². The molecule has 1 amide bonds. The average molecular weight is 405 g/mol. The highest BCUT2D eigenvalue weighted by Gasteiger charge is 2.34. The molecule has 0 aliphatic heterocycles. The molecule has 1 aliphatic carbocycles. The fourth-order valence-electron chi connectivity index (χ4n) is 4.32. The third-order valence-corrected chi connectivity index (χ3v) is 6.04. The predicted molar refractivity (Wildman–Crippen MR) is 115 cm³/mol. The zero-order chi connectivity index (χ0) is 20.8. The van der Waals surface area contributed by atoms with Crippen molar-refractivity contribution >= 4 is 5.91 Å². The van der Waals surface area contributed by atoms with Crippen LogP contribution >= 0.6 is 0 Å². The molecule has 1 aromatic carbocycles. The molecule has 1 saturated carbocycles. The number of rotatable bonds is 7. The Morgan fingerprint density at radius 1 is 1.13 bits per heavy atom. The first kappa shape index (κ1) is 20.3. The Labute approximate surface area is 177 Å². The van der Waals surface area contributed by atoms with Crippen molar-refractivity contribution in [1.82, 2.24) is 20.4 Å². The van der Waals surface area contributed by atoms with E-state index in [-0.39, 0.29) is 11.3 Å². The van der Waals surface area contributed by atoms with Gasteiger partial charge in [0.2, 0.25) is 17.6 Å². The first-order valence-electron chi connectivity index (χ1n) is 10.7. The Morgan fingerprint density at radius 2 is 1.93 bits per heavy atom. The van der Waals surface area contributed by atoms with Crippen molar-refractivity contribution in [2.45, 2.75) is 57.3 Å². The number of nitrogens with one attached hydrogen (secondary N) is 1. The van der Waals surface area contributed by atoms with Crippen molar-refractivity contribution in [2.75, 3.05) is 6.54 Å². The fraction of sp³-hybridized carbons (Fsp3) is 0.417. The first-order chi connectivity index (χ1) is 14.6. The van der Waals surface area contributed by atoms with E-state index in [9.17, 15) is 4.79 Å². The molecule has 0 radical (unpaired) electrons. The minimum Gasteiger partial charge on any atom is -0.355 e. The van der Waals surface area contributed by atoms with E-state index in [1.165, 1.54) is 30.4 Å². The second kappa shape index (κ2) is 9.20. The van der Waals surface area contributed by atoms with Gasteiger partial charge in [0.05, 0.1) is 0 Å². The second-order valence-corrected chi connectivity index (χ2v) is 8.23. The number of benzene rings is 1. The van der Waals surface area contributed by atoms with Crippen LogP contribution in [-0.4, -0.2) is 27.6 Å². The van der Waals surface area contributed by atoms with Crippen molar-refractivity contribution in [1.29, 1.82) is 0 Å². The monoisotopic (exact) mass is 404 g/mol. The quantitative estimate of drug-likeness (QED) is 0.632. The number of hydrogen-bond acceptors (Lipinski definition) is 5. The van der Waals surface area contributed by atoms with E-state index >= 15 is 0 Å². The molecule has 0 unspecified atom stereocenters. The van der Waals surface area contributed by atoms with Gasteiger partial charge in [0.25, 0.3) is 0 Å². The minimum atomic E-state index is 0.0243. The predicted octanol–water partition coefficient (Wildman–Crippen LogP) is 4.39. The Hall–Kier alpha value is -3.02. The van der Waals surface area contributed by atoms with E-state index < -0.39 is 0 Å². The highest BCUT2D eigenvalue weighted by Crippen LogP contribution is 2.39. The lowest BCUT2D eigenvalue weighted by atomic mass is 9.69. The van der Waals surface area contributed by atoms with E-state index in [2.05, 4.69) is 51.6 Å². The summed E-state index contributed by atoms with van der Waals surface area (Å²) in [7, 11) is 0. The molecule has 2 heterocycles. The van der Waals surface area contributed by atoms with Crippen LogP contribution in [0.1, 0.15) is 55.5 Å². The zero-order valence-electron chi connectivity index (χ0n) is 17.4. The summed E-state index contributed by atoms with van der Waals surface area (Å²) in [5.74, 6) is 1.02. The lowest BCUT2D eigenvalue weighted by Gasteiger charge is -2.38. The minimum absolute atomic E-state index is 0.0243. The van der Waals surface area contributed by atoms with Gasteiger partial charge in [-0.3, -0.25) is 9.78 Å². The summed E-state index contributed by atoms with van der Waals surface area (Å²) in [5.41, 5.74) is 3.51. The maximum Gasteiger partial charge on any atom is 0.227 e. The van der Waals surface area contributed by atoms with Gasteiger partial charge in [-0.05, 0) is 37.5 Å². The largest absolute Gasteiger partial charge is 0.355 e. The molecule has 2 aromatic heterocycles. The molecule has 0 spiro atoms. The molecule has 156 valence electrons. The van der Waals surface area contributed by atoms with Crippen LogP contribution in [-0.2, 0) is 16.6 Å². The van der Waals surface area contributed by atoms with Gasteiger partial charge < -0.3 is 9.84 Å². The molecule has 3 aromatic rings.